The van der Waals surface area contributed by atoms with Crippen LogP contribution in [-0.4, -0.2) is 12.1 Å². The van der Waals surface area contributed by atoms with Crippen molar-refractivity contribution in [2.75, 3.05) is 0 Å². The van der Waals surface area contributed by atoms with Crippen LogP contribution in [0.1, 0.15) is 66.7 Å². The molecule has 0 bridgehead atoms. The van der Waals surface area contributed by atoms with E-state index in [2.05, 4.69) is 27.7 Å². The van der Waals surface area contributed by atoms with Crippen molar-refractivity contribution in [1.82, 2.24) is 0 Å². The number of hydrogen-bond donors (Lipinski definition) is 0. The van der Waals surface area contributed by atoms with E-state index in [-0.39, 0.29) is 12.1 Å². The standard InChI is InChI=1S/C15H28O2/c1-6-11(3)15(5)9-8-14(17-12(4)16)10-13(15)7-2/h11,13-14H,6-10H2,1-5H3. The zero-order valence-electron chi connectivity index (χ0n) is 12.1. The molecule has 17 heavy (non-hydrogen) atoms. The number of esters is 1. The van der Waals surface area contributed by atoms with Crippen molar-refractivity contribution in [2.45, 2.75) is 72.8 Å². The van der Waals surface area contributed by atoms with E-state index >= 15 is 0 Å². The zero-order valence-corrected chi connectivity index (χ0v) is 12.1. The molecule has 0 radical (unpaired) electrons. The monoisotopic (exact) mass is 240 g/mol. The van der Waals surface area contributed by atoms with Crippen LogP contribution in [0.3, 0.4) is 0 Å². The number of carbonyl (C=O) groups is 1. The summed E-state index contributed by atoms with van der Waals surface area (Å²) >= 11 is 0. The highest BCUT2D eigenvalue weighted by Gasteiger charge is 2.42. The number of rotatable bonds is 4. The topological polar surface area (TPSA) is 26.3 Å². The van der Waals surface area contributed by atoms with Gasteiger partial charge in [0.1, 0.15) is 6.10 Å². The van der Waals surface area contributed by atoms with Gasteiger partial charge in [-0.3, -0.25) is 4.79 Å². The molecule has 0 saturated heterocycles. The molecule has 0 aromatic carbocycles. The van der Waals surface area contributed by atoms with Crippen LogP contribution in [0.4, 0.5) is 0 Å². The Morgan fingerprint density at radius 2 is 2.12 bits per heavy atom. The minimum absolute atomic E-state index is 0.128. The Morgan fingerprint density at radius 1 is 1.47 bits per heavy atom. The highest BCUT2D eigenvalue weighted by Crippen LogP contribution is 2.49. The summed E-state index contributed by atoms with van der Waals surface area (Å²) in [4.78, 5) is 11.0. The van der Waals surface area contributed by atoms with E-state index in [9.17, 15) is 4.79 Å². The van der Waals surface area contributed by atoms with Crippen LogP contribution < -0.4 is 0 Å². The van der Waals surface area contributed by atoms with E-state index in [0.29, 0.717) is 11.3 Å². The van der Waals surface area contributed by atoms with Gasteiger partial charge in [0, 0.05) is 6.92 Å². The van der Waals surface area contributed by atoms with E-state index in [1.807, 2.05) is 0 Å². The average molecular weight is 240 g/mol. The molecule has 100 valence electrons. The quantitative estimate of drug-likeness (QED) is 0.689. The normalized spacial score (nSPS) is 35.4. The van der Waals surface area contributed by atoms with Crippen molar-refractivity contribution >= 4 is 5.97 Å². The number of hydrogen-bond acceptors (Lipinski definition) is 2. The van der Waals surface area contributed by atoms with Crippen LogP contribution in [0.25, 0.3) is 0 Å². The van der Waals surface area contributed by atoms with Crippen molar-refractivity contribution in [3.8, 4) is 0 Å². The Kier molecular flexibility index (Phi) is 5.03. The smallest absolute Gasteiger partial charge is 0.302 e. The first-order chi connectivity index (χ1) is 7.93. The van der Waals surface area contributed by atoms with E-state index in [1.165, 1.54) is 26.2 Å². The second-order valence-electron chi connectivity index (χ2n) is 5.93. The minimum Gasteiger partial charge on any atom is -0.463 e. The Balaban J connectivity index is 2.70. The van der Waals surface area contributed by atoms with Crippen molar-refractivity contribution in [3.63, 3.8) is 0 Å². The molecule has 0 spiro atoms. The summed E-state index contributed by atoms with van der Waals surface area (Å²) in [7, 11) is 0. The Hall–Kier alpha value is -0.530. The van der Waals surface area contributed by atoms with Crippen molar-refractivity contribution in [3.05, 3.63) is 0 Å². The molecular formula is C15H28O2. The van der Waals surface area contributed by atoms with Gasteiger partial charge in [0.25, 0.3) is 0 Å². The minimum atomic E-state index is -0.128. The SMILES string of the molecule is CCC(C)C1(C)CCC(OC(C)=O)CC1CC. The summed E-state index contributed by atoms with van der Waals surface area (Å²) in [6.45, 7) is 10.9. The van der Waals surface area contributed by atoms with Gasteiger partial charge in [-0.05, 0) is 36.5 Å². The van der Waals surface area contributed by atoms with Crippen LogP contribution in [0.2, 0.25) is 0 Å². The summed E-state index contributed by atoms with van der Waals surface area (Å²) in [5.74, 6) is 1.32. The molecule has 0 aromatic rings. The average Bonchev–Trinajstić information content (AvgIpc) is 2.29. The largest absolute Gasteiger partial charge is 0.463 e. The molecule has 2 heteroatoms. The summed E-state index contributed by atoms with van der Waals surface area (Å²) in [5.41, 5.74) is 0.431. The maximum Gasteiger partial charge on any atom is 0.302 e. The third kappa shape index (κ3) is 3.23. The molecule has 1 saturated carbocycles. The molecule has 1 fully saturated rings. The first kappa shape index (κ1) is 14.5. The van der Waals surface area contributed by atoms with E-state index < -0.39 is 0 Å². The first-order valence-electron chi connectivity index (χ1n) is 7.11. The lowest BCUT2D eigenvalue weighted by Gasteiger charge is -2.47. The lowest BCUT2D eigenvalue weighted by Crippen LogP contribution is -2.41. The fourth-order valence-electron chi connectivity index (χ4n) is 3.47. The molecule has 0 heterocycles. The van der Waals surface area contributed by atoms with Crippen molar-refractivity contribution < 1.29 is 9.53 Å². The van der Waals surface area contributed by atoms with Gasteiger partial charge in [-0.25, -0.2) is 0 Å². The van der Waals surface area contributed by atoms with Crippen LogP contribution in [0.5, 0.6) is 0 Å². The molecule has 0 aromatic heterocycles. The second kappa shape index (κ2) is 5.88. The molecule has 0 N–H and O–H groups in total. The van der Waals surface area contributed by atoms with Gasteiger partial charge in [-0.15, -0.1) is 0 Å². The van der Waals surface area contributed by atoms with Gasteiger partial charge >= 0.3 is 5.97 Å². The fraction of sp³-hybridized carbons (Fsp3) is 0.933. The fourth-order valence-corrected chi connectivity index (χ4v) is 3.47. The predicted octanol–water partition coefficient (Wildman–Crippen LogP) is 4.18. The van der Waals surface area contributed by atoms with Gasteiger partial charge in [0.15, 0.2) is 0 Å². The number of ether oxygens (including phenoxy) is 1. The van der Waals surface area contributed by atoms with Crippen LogP contribution in [0, 0.1) is 17.3 Å². The molecule has 4 atom stereocenters. The van der Waals surface area contributed by atoms with Crippen molar-refractivity contribution in [1.29, 1.82) is 0 Å². The molecule has 2 nitrogen and oxygen atoms in total. The van der Waals surface area contributed by atoms with Crippen LogP contribution in [0.15, 0.2) is 0 Å². The second-order valence-corrected chi connectivity index (χ2v) is 5.93. The highest BCUT2D eigenvalue weighted by atomic mass is 16.5. The van der Waals surface area contributed by atoms with Crippen LogP contribution >= 0.6 is 0 Å². The lowest BCUT2D eigenvalue weighted by molar-refractivity contribution is -0.151. The molecule has 4 unspecified atom stereocenters. The maximum absolute atomic E-state index is 11.0. The van der Waals surface area contributed by atoms with E-state index in [4.69, 9.17) is 4.74 Å². The summed E-state index contributed by atoms with van der Waals surface area (Å²) < 4.78 is 5.39. The van der Waals surface area contributed by atoms with Crippen LogP contribution in [-0.2, 0) is 9.53 Å². The zero-order chi connectivity index (χ0) is 13.1. The van der Waals surface area contributed by atoms with Gasteiger partial charge in [0.05, 0.1) is 0 Å². The van der Waals surface area contributed by atoms with E-state index in [0.717, 1.165) is 18.8 Å². The molecule has 0 aliphatic heterocycles. The Bertz CT molecular complexity index is 262. The predicted molar refractivity (Wildman–Crippen MR) is 70.7 cm³/mol. The summed E-state index contributed by atoms with van der Waals surface area (Å²) in [6.07, 6.45) is 5.88. The summed E-state index contributed by atoms with van der Waals surface area (Å²) in [5, 5.41) is 0. The third-order valence-electron chi connectivity index (χ3n) is 5.05. The van der Waals surface area contributed by atoms with Gasteiger partial charge < -0.3 is 4.74 Å². The third-order valence-corrected chi connectivity index (χ3v) is 5.05. The van der Waals surface area contributed by atoms with Gasteiger partial charge in [0.2, 0.25) is 0 Å². The van der Waals surface area contributed by atoms with E-state index in [1.54, 1.807) is 0 Å². The maximum atomic E-state index is 11.0. The van der Waals surface area contributed by atoms with Gasteiger partial charge in [-0.1, -0.05) is 40.5 Å². The first-order valence-corrected chi connectivity index (χ1v) is 7.11. The Morgan fingerprint density at radius 3 is 2.59 bits per heavy atom. The lowest BCUT2D eigenvalue weighted by atomic mass is 9.59. The van der Waals surface area contributed by atoms with Crippen molar-refractivity contribution in [2.24, 2.45) is 17.3 Å². The molecular weight excluding hydrogens is 212 g/mol. The molecule has 1 rings (SSSR count). The van der Waals surface area contributed by atoms with Gasteiger partial charge in [-0.2, -0.15) is 0 Å². The summed E-state index contributed by atoms with van der Waals surface area (Å²) in [6, 6.07) is 0. The highest BCUT2D eigenvalue weighted by molar-refractivity contribution is 5.66. The molecule has 1 aliphatic rings. The molecule has 0 amide bonds. The Labute approximate surface area is 106 Å². The molecule has 1 aliphatic carbocycles. The number of carbonyl (C=O) groups excluding carboxylic acids is 1.